The highest BCUT2D eigenvalue weighted by atomic mass is 79.9. The quantitative estimate of drug-likeness (QED) is 0.682. The van der Waals surface area contributed by atoms with Crippen LogP contribution < -0.4 is 5.32 Å². The van der Waals surface area contributed by atoms with Gasteiger partial charge in [-0.25, -0.2) is 0 Å². The Bertz CT molecular complexity index is 957. The fourth-order valence-corrected chi connectivity index (χ4v) is 3.46. The highest BCUT2D eigenvalue weighted by molar-refractivity contribution is 9.10. The molecule has 1 amide bonds. The average Bonchev–Trinajstić information content (AvgIpc) is 3.11. The van der Waals surface area contributed by atoms with Crippen LogP contribution in [0, 0.1) is 20.8 Å². The summed E-state index contributed by atoms with van der Waals surface area (Å²) in [5.74, 6) is -0.196. The van der Waals surface area contributed by atoms with Crippen LogP contribution in [0.4, 0.5) is 5.69 Å². The molecule has 6 nitrogen and oxygen atoms in total. The zero-order valence-electron chi connectivity index (χ0n) is 15.4. The number of amides is 1. The minimum absolute atomic E-state index is 0.196. The molecule has 1 aromatic carbocycles. The van der Waals surface area contributed by atoms with Crippen LogP contribution in [0.2, 0.25) is 0 Å². The van der Waals surface area contributed by atoms with E-state index in [1.807, 2.05) is 37.6 Å². The number of aromatic nitrogens is 4. The van der Waals surface area contributed by atoms with Crippen molar-refractivity contribution >= 4 is 27.5 Å². The van der Waals surface area contributed by atoms with Crippen molar-refractivity contribution in [1.29, 1.82) is 0 Å². The van der Waals surface area contributed by atoms with E-state index in [1.54, 1.807) is 10.9 Å². The molecule has 0 fully saturated rings. The average molecular weight is 416 g/mol. The Morgan fingerprint density at radius 1 is 1.19 bits per heavy atom. The summed E-state index contributed by atoms with van der Waals surface area (Å²) in [6, 6.07) is 8.24. The predicted molar refractivity (Wildman–Crippen MR) is 106 cm³/mol. The first-order valence-electron chi connectivity index (χ1n) is 8.53. The Labute approximate surface area is 161 Å². The molecule has 3 rings (SSSR count). The number of nitrogens with one attached hydrogen (secondary N) is 1. The zero-order chi connectivity index (χ0) is 18.8. The second-order valence-electron chi connectivity index (χ2n) is 6.24. The molecule has 1 N–H and O–H groups in total. The van der Waals surface area contributed by atoms with Gasteiger partial charge in [-0.15, -0.1) is 0 Å². The molecule has 0 aliphatic heterocycles. The summed E-state index contributed by atoms with van der Waals surface area (Å²) >= 11 is 3.40. The molecule has 0 aliphatic rings. The molecule has 0 saturated carbocycles. The zero-order valence-corrected chi connectivity index (χ0v) is 17.0. The molecule has 7 heteroatoms. The van der Waals surface area contributed by atoms with E-state index in [9.17, 15) is 4.79 Å². The Morgan fingerprint density at radius 2 is 1.92 bits per heavy atom. The van der Waals surface area contributed by atoms with E-state index in [-0.39, 0.29) is 5.91 Å². The molecule has 0 radical (unpaired) electrons. The predicted octanol–water partition coefficient (Wildman–Crippen LogP) is 4.09. The normalized spacial score (nSPS) is 11.0. The largest absolute Gasteiger partial charge is 0.317 e. The summed E-state index contributed by atoms with van der Waals surface area (Å²) in [6.07, 6.45) is 1.64. The lowest BCUT2D eigenvalue weighted by atomic mass is 10.1. The van der Waals surface area contributed by atoms with E-state index in [2.05, 4.69) is 50.5 Å². The van der Waals surface area contributed by atoms with Crippen molar-refractivity contribution in [3.05, 3.63) is 63.1 Å². The van der Waals surface area contributed by atoms with Crippen LogP contribution in [-0.4, -0.2) is 25.5 Å². The first kappa shape index (κ1) is 18.4. The molecule has 136 valence electrons. The minimum Gasteiger partial charge on any atom is -0.317 e. The molecule has 0 aliphatic carbocycles. The fraction of sp³-hybridized carbons (Fsp3) is 0.316. The molecular formula is C19H22BrN5O. The first-order chi connectivity index (χ1) is 12.4. The molecule has 26 heavy (non-hydrogen) atoms. The maximum atomic E-state index is 12.8. The molecule has 0 unspecified atom stereocenters. The Balaban J connectivity index is 1.88. The van der Waals surface area contributed by atoms with Crippen molar-refractivity contribution in [2.45, 2.75) is 40.8 Å². The van der Waals surface area contributed by atoms with Gasteiger partial charge < -0.3 is 5.32 Å². The number of benzene rings is 1. The third-order valence-corrected chi connectivity index (χ3v) is 5.09. The molecule has 0 bridgehead atoms. The lowest BCUT2D eigenvalue weighted by Gasteiger charge is -2.10. The van der Waals surface area contributed by atoms with E-state index in [1.165, 1.54) is 11.1 Å². The number of halogens is 1. The number of carbonyl (C=O) groups is 1. The molecule has 2 heterocycles. The summed E-state index contributed by atoms with van der Waals surface area (Å²) in [7, 11) is 0. The maximum Gasteiger partial charge on any atom is 0.275 e. The fourth-order valence-electron chi connectivity index (χ4n) is 2.98. The van der Waals surface area contributed by atoms with Gasteiger partial charge in [0.25, 0.3) is 5.91 Å². The van der Waals surface area contributed by atoms with E-state index in [0.717, 1.165) is 17.1 Å². The highest BCUT2D eigenvalue weighted by Crippen LogP contribution is 2.24. The van der Waals surface area contributed by atoms with Gasteiger partial charge in [0.15, 0.2) is 0 Å². The highest BCUT2D eigenvalue weighted by Gasteiger charge is 2.20. The van der Waals surface area contributed by atoms with E-state index in [4.69, 9.17) is 0 Å². The molecule has 2 aromatic heterocycles. The van der Waals surface area contributed by atoms with Gasteiger partial charge in [-0.05, 0) is 54.8 Å². The van der Waals surface area contributed by atoms with Crippen molar-refractivity contribution < 1.29 is 4.79 Å². The SMILES string of the molecule is CCn1ncc(Br)c1C(=O)Nc1c(C)nn(Cc2ccccc2C)c1C. The first-order valence-corrected chi connectivity index (χ1v) is 9.32. The number of carbonyl (C=O) groups excluding carboxylic acids is 1. The van der Waals surface area contributed by atoms with Crippen LogP contribution in [0.5, 0.6) is 0 Å². The lowest BCUT2D eigenvalue weighted by Crippen LogP contribution is -2.18. The molecule has 0 saturated heterocycles. The Hall–Kier alpha value is -2.41. The van der Waals surface area contributed by atoms with Gasteiger partial charge in [0.1, 0.15) is 5.69 Å². The summed E-state index contributed by atoms with van der Waals surface area (Å²) < 4.78 is 4.28. The van der Waals surface area contributed by atoms with Gasteiger partial charge >= 0.3 is 0 Å². The van der Waals surface area contributed by atoms with Crippen molar-refractivity contribution in [3.63, 3.8) is 0 Å². The number of aryl methyl sites for hydroxylation is 3. The Morgan fingerprint density at radius 3 is 2.62 bits per heavy atom. The molecule has 0 spiro atoms. The number of rotatable bonds is 5. The molecule has 3 aromatic rings. The van der Waals surface area contributed by atoms with Crippen molar-refractivity contribution in [1.82, 2.24) is 19.6 Å². The summed E-state index contributed by atoms with van der Waals surface area (Å²) in [5, 5.41) is 11.8. The number of hydrogen-bond donors (Lipinski definition) is 1. The third-order valence-electron chi connectivity index (χ3n) is 4.51. The topological polar surface area (TPSA) is 64.7 Å². The summed E-state index contributed by atoms with van der Waals surface area (Å²) in [4.78, 5) is 12.8. The van der Waals surface area contributed by atoms with Gasteiger partial charge in [0.2, 0.25) is 0 Å². The monoisotopic (exact) mass is 415 g/mol. The van der Waals surface area contributed by atoms with E-state index < -0.39 is 0 Å². The van der Waals surface area contributed by atoms with E-state index in [0.29, 0.717) is 23.3 Å². The van der Waals surface area contributed by atoms with Crippen molar-refractivity contribution in [2.75, 3.05) is 5.32 Å². The molecule has 0 atom stereocenters. The smallest absolute Gasteiger partial charge is 0.275 e. The van der Waals surface area contributed by atoms with Crippen molar-refractivity contribution in [3.8, 4) is 0 Å². The van der Waals surface area contributed by atoms with Crippen LogP contribution in [-0.2, 0) is 13.1 Å². The summed E-state index contributed by atoms with van der Waals surface area (Å²) in [6.45, 7) is 9.22. The minimum atomic E-state index is -0.196. The van der Waals surface area contributed by atoms with Crippen LogP contribution in [0.1, 0.15) is 39.9 Å². The van der Waals surface area contributed by atoms with Gasteiger partial charge in [-0.1, -0.05) is 24.3 Å². The number of hydrogen-bond acceptors (Lipinski definition) is 3. The Kier molecular flexibility index (Phi) is 5.27. The number of anilines is 1. The molecular weight excluding hydrogens is 394 g/mol. The van der Waals surface area contributed by atoms with Crippen LogP contribution in [0.3, 0.4) is 0 Å². The van der Waals surface area contributed by atoms with Crippen LogP contribution in [0.15, 0.2) is 34.9 Å². The standard InChI is InChI=1S/C19H22BrN5O/c1-5-24-18(16(20)10-21-24)19(26)22-17-13(3)23-25(14(17)4)11-15-9-7-6-8-12(15)2/h6-10H,5,11H2,1-4H3,(H,22,26). The van der Waals surface area contributed by atoms with Gasteiger partial charge in [0.05, 0.1) is 34.3 Å². The van der Waals surface area contributed by atoms with Crippen LogP contribution >= 0.6 is 15.9 Å². The second kappa shape index (κ2) is 7.45. The summed E-state index contributed by atoms with van der Waals surface area (Å²) in [5.41, 5.74) is 5.42. The van der Waals surface area contributed by atoms with E-state index >= 15 is 0 Å². The second-order valence-corrected chi connectivity index (χ2v) is 7.10. The van der Waals surface area contributed by atoms with Crippen LogP contribution in [0.25, 0.3) is 0 Å². The van der Waals surface area contributed by atoms with Crippen molar-refractivity contribution in [2.24, 2.45) is 0 Å². The number of nitrogens with zero attached hydrogens (tertiary/aromatic N) is 4. The third kappa shape index (κ3) is 3.44. The van der Waals surface area contributed by atoms with Gasteiger partial charge in [-0.3, -0.25) is 14.2 Å². The maximum absolute atomic E-state index is 12.8. The van der Waals surface area contributed by atoms with Gasteiger partial charge in [0, 0.05) is 6.54 Å². The lowest BCUT2D eigenvalue weighted by molar-refractivity contribution is 0.101. The van der Waals surface area contributed by atoms with Gasteiger partial charge in [-0.2, -0.15) is 10.2 Å².